The fraction of sp³-hybridized carbons (Fsp3) is 0.696. The molecule has 430 valence electrons. The second-order valence-corrected chi connectivity index (χ2v) is 20.2. The number of likely N-dealkylation sites (tertiary alicyclic amines) is 1. The van der Waals surface area contributed by atoms with Crippen LogP contribution in [0.2, 0.25) is 5.28 Å². The summed E-state index contributed by atoms with van der Waals surface area (Å²) in [4.78, 5) is 43.3. The Morgan fingerprint density at radius 3 is 2.01 bits per heavy atom. The molecule has 26 nitrogen and oxygen atoms in total. The zero-order valence-electron chi connectivity index (χ0n) is 42.3. The number of hydrogen-bond donors (Lipinski definition) is 4. The maximum Gasteiger partial charge on any atom is 0.350 e. The molecule has 0 unspecified atom stereocenters. The Hall–Kier alpha value is -4.11. The lowest BCUT2D eigenvalue weighted by molar-refractivity contribution is -0.136. The largest absolute Gasteiger partial charge is 0.420 e. The van der Waals surface area contributed by atoms with Crippen molar-refractivity contribution < 1.29 is 94.6 Å². The number of esters is 1. The summed E-state index contributed by atoms with van der Waals surface area (Å²) in [5.74, 6) is -5.02. The van der Waals surface area contributed by atoms with E-state index in [1.807, 2.05) is 0 Å². The first-order chi connectivity index (χ1) is 37.2. The number of benzene rings is 1. The molecule has 0 bridgehead atoms. The molecule has 4 N–H and O–H groups in total. The van der Waals surface area contributed by atoms with Crippen LogP contribution in [-0.2, 0) is 69.9 Å². The minimum atomic E-state index is -4.43. The molecule has 77 heavy (non-hydrogen) atoms. The highest BCUT2D eigenvalue weighted by Gasteiger charge is 2.48. The van der Waals surface area contributed by atoms with Crippen molar-refractivity contribution in [2.24, 2.45) is 5.41 Å². The minimum absolute atomic E-state index is 0.0212. The molecule has 0 radical (unpaired) electrons. The van der Waals surface area contributed by atoms with Gasteiger partial charge in [-0.3, -0.25) is 9.36 Å². The summed E-state index contributed by atoms with van der Waals surface area (Å²) in [5, 5.41) is 34.5. The van der Waals surface area contributed by atoms with Gasteiger partial charge in [0.1, 0.15) is 42.0 Å². The molecule has 31 heteroatoms. The van der Waals surface area contributed by atoms with Gasteiger partial charge in [-0.15, -0.1) is 5.10 Å². The van der Waals surface area contributed by atoms with Gasteiger partial charge < -0.3 is 81.9 Å². The van der Waals surface area contributed by atoms with Gasteiger partial charge in [-0.2, -0.15) is 15.1 Å². The van der Waals surface area contributed by atoms with E-state index in [-0.39, 0.29) is 50.2 Å². The molecular formula is C46H66ClF3N9O17P. The number of anilines is 1. The topological polar surface area (TPSA) is 297 Å². The Morgan fingerprint density at radius 2 is 1.38 bits per heavy atom. The molecule has 1 aromatic carbocycles. The second-order valence-electron chi connectivity index (χ2n) is 18.3. The van der Waals surface area contributed by atoms with Crippen LogP contribution in [0.15, 0.2) is 24.5 Å². The van der Waals surface area contributed by atoms with Crippen molar-refractivity contribution in [2.75, 3.05) is 150 Å². The number of nitrogens with zero attached hydrogens (tertiary/aromatic N) is 9. The molecule has 4 atom stereocenters. The van der Waals surface area contributed by atoms with Gasteiger partial charge in [0.15, 0.2) is 23.5 Å². The lowest BCUT2D eigenvalue weighted by atomic mass is 9.73. The minimum Gasteiger partial charge on any atom is -0.420 e. The van der Waals surface area contributed by atoms with Crippen molar-refractivity contribution in [2.45, 2.75) is 57.0 Å². The number of rotatable bonds is 36. The van der Waals surface area contributed by atoms with Crippen LogP contribution in [0.5, 0.6) is 5.75 Å². The number of ether oxygens (including phenoxy) is 11. The fourth-order valence-electron chi connectivity index (χ4n) is 8.75. The van der Waals surface area contributed by atoms with Crippen LogP contribution in [0.25, 0.3) is 11.0 Å². The molecular weight excluding hydrogens is 1070 g/mol. The van der Waals surface area contributed by atoms with Gasteiger partial charge >= 0.3 is 13.6 Å². The highest BCUT2D eigenvalue weighted by Crippen LogP contribution is 2.43. The average Bonchev–Trinajstić information content (AvgIpc) is 4.09. The monoisotopic (exact) mass is 1140 g/mol. The number of aliphatic hydroxyl groups excluding tert-OH is 2. The molecule has 3 saturated heterocycles. The number of carbonyl (C=O) groups is 1. The van der Waals surface area contributed by atoms with Gasteiger partial charge in [0.25, 0.3) is 0 Å². The summed E-state index contributed by atoms with van der Waals surface area (Å²) in [5.41, 5.74) is 1.05. The van der Waals surface area contributed by atoms with Gasteiger partial charge in [0.05, 0.1) is 143 Å². The van der Waals surface area contributed by atoms with Gasteiger partial charge in [-0.1, -0.05) is 5.21 Å². The number of halogens is 4. The maximum atomic E-state index is 13.6. The maximum absolute atomic E-state index is 13.6. The number of fused-ring (bicyclic) bond motifs is 1. The summed E-state index contributed by atoms with van der Waals surface area (Å²) in [7, 11) is -4.43. The van der Waals surface area contributed by atoms with E-state index in [1.165, 1.54) is 4.68 Å². The highest BCUT2D eigenvalue weighted by atomic mass is 35.5. The van der Waals surface area contributed by atoms with Gasteiger partial charge in [0.2, 0.25) is 11.0 Å². The molecule has 0 aliphatic carbocycles. The van der Waals surface area contributed by atoms with Crippen LogP contribution in [0.3, 0.4) is 0 Å². The zero-order valence-corrected chi connectivity index (χ0v) is 43.9. The van der Waals surface area contributed by atoms with Gasteiger partial charge in [-0.25, -0.2) is 22.5 Å². The number of piperidine rings is 1. The Labute approximate surface area is 445 Å². The molecule has 3 aliphatic heterocycles. The zero-order chi connectivity index (χ0) is 54.6. The first-order valence-electron chi connectivity index (χ1n) is 25.0. The van der Waals surface area contributed by atoms with E-state index in [9.17, 15) is 32.7 Å². The molecule has 3 aliphatic rings. The summed E-state index contributed by atoms with van der Waals surface area (Å²) in [6.07, 6.45) is -0.705. The highest BCUT2D eigenvalue weighted by molar-refractivity contribution is 7.51. The van der Waals surface area contributed by atoms with E-state index in [0.29, 0.717) is 121 Å². The smallest absolute Gasteiger partial charge is 0.350 e. The summed E-state index contributed by atoms with van der Waals surface area (Å²) >= 11 is 6.39. The van der Waals surface area contributed by atoms with E-state index < -0.39 is 67.7 Å². The SMILES string of the molecule is O=C(CCOCCOCCOCCOCCn1cc(COCCOCCOCCOCCN2CCCC3(C2)CN(c2nc(Cl)nc4c2cnn4[C@@H]2O[C@H](COCP(=O)(O)O)[C@@H](O)[C@H]2O)C3)nn1)Oc1c(F)cc(F)cc1F. The van der Waals surface area contributed by atoms with Crippen LogP contribution in [-0.4, -0.2) is 229 Å². The molecule has 4 aromatic rings. The Kier molecular flexibility index (Phi) is 24.0. The molecule has 6 heterocycles. The Balaban J connectivity index is 0.636. The second kappa shape index (κ2) is 30.5. The van der Waals surface area contributed by atoms with E-state index in [0.717, 1.165) is 45.6 Å². The summed E-state index contributed by atoms with van der Waals surface area (Å²) < 4.78 is 114. The standard InChI is InChI=1S/C46H66ClF3N9O17P/c47-45-52-42(34-24-51-59(43(34)53-45)44-40(62)39(61)37(75-44)27-74-31-77(63,64)65)57-29-46(30-57)3-1-4-56(28-46)5-8-67-11-14-70-18-19-72-20-21-73-26-33-25-58(55-54-33)6-9-68-12-15-71-17-16-69-13-10-66-7-2-38(60)76-41-35(49)22-32(48)23-36(41)50/h22-25,37,39-40,44,61-62H,1-21,26-31H2,(H2,63,64,65)/t37-,39-,40-,44-/m1/s1. The number of hydrogen-bond acceptors (Lipinski definition) is 22. The van der Waals surface area contributed by atoms with Crippen LogP contribution >= 0.6 is 19.2 Å². The Bertz CT molecular complexity index is 2470. The van der Waals surface area contributed by atoms with Crippen LogP contribution in [0.1, 0.15) is 31.2 Å². The van der Waals surface area contributed by atoms with Crippen molar-refractivity contribution in [3.8, 4) is 5.75 Å². The average molecular weight is 1140 g/mol. The lowest BCUT2D eigenvalue weighted by Gasteiger charge is -2.55. The fourth-order valence-corrected chi connectivity index (χ4v) is 9.26. The summed E-state index contributed by atoms with van der Waals surface area (Å²) in [6.45, 7) is 9.90. The van der Waals surface area contributed by atoms with E-state index in [4.69, 9.17) is 68.8 Å². The van der Waals surface area contributed by atoms with E-state index in [2.05, 4.69) is 39.9 Å². The number of carbonyl (C=O) groups excluding carboxylic acids is 1. The normalized spacial score (nSPS) is 19.7. The predicted octanol–water partition coefficient (Wildman–Crippen LogP) is 1.49. The van der Waals surface area contributed by atoms with Crippen molar-refractivity contribution >= 4 is 42.0 Å². The van der Waals surface area contributed by atoms with Gasteiger partial charge in [-0.05, 0) is 31.0 Å². The lowest BCUT2D eigenvalue weighted by Crippen LogP contribution is -2.63. The van der Waals surface area contributed by atoms with Crippen molar-refractivity contribution in [1.29, 1.82) is 0 Å². The molecule has 1 spiro atoms. The Morgan fingerprint density at radius 1 is 0.779 bits per heavy atom. The molecule has 0 saturated carbocycles. The third kappa shape index (κ3) is 19.0. The molecule has 0 amide bonds. The third-order valence-corrected chi connectivity index (χ3v) is 13.0. The van der Waals surface area contributed by atoms with Gasteiger partial charge in [0, 0.05) is 43.7 Å². The third-order valence-electron chi connectivity index (χ3n) is 12.3. The van der Waals surface area contributed by atoms with Crippen molar-refractivity contribution in [1.82, 2.24) is 39.6 Å². The van der Waals surface area contributed by atoms with E-state index >= 15 is 0 Å². The van der Waals surface area contributed by atoms with E-state index in [1.54, 1.807) is 17.1 Å². The van der Waals surface area contributed by atoms with Crippen molar-refractivity contribution in [3.05, 3.63) is 53.0 Å². The van der Waals surface area contributed by atoms with Crippen LogP contribution < -0.4 is 9.64 Å². The summed E-state index contributed by atoms with van der Waals surface area (Å²) in [6, 6.07) is 0.839. The van der Waals surface area contributed by atoms with Crippen LogP contribution in [0.4, 0.5) is 19.0 Å². The van der Waals surface area contributed by atoms with Crippen molar-refractivity contribution in [3.63, 3.8) is 0 Å². The first-order valence-corrected chi connectivity index (χ1v) is 27.2. The number of aliphatic hydroxyl groups is 2. The first kappa shape index (κ1) is 60.5. The molecule has 3 aromatic heterocycles. The predicted molar refractivity (Wildman–Crippen MR) is 261 cm³/mol. The molecule has 3 fully saturated rings. The number of aromatic nitrogens is 7. The quantitative estimate of drug-likeness (QED) is 0.0165. The molecule has 7 rings (SSSR count). The van der Waals surface area contributed by atoms with Crippen LogP contribution in [0, 0.1) is 22.9 Å².